The second-order valence-electron chi connectivity index (χ2n) is 4.74. The zero-order chi connectivity index (χ0) is 11.7. The van der Waals surface area contributed by atoms with E-state index in [1.54, 1.807) is 0 Å². The normalized spacial score (nSPS) is 23.1. The molecule has 1 aliphatic rings. The van der Waals surface area contributed by atoms with Crippen LogP contribution in [0.1, 0.15) is 29.9 Å². The maximum absolute atomic E-state index is 5.69. The minimum atomic E-state index is 0.562. The van der Waals surface area contributed by atoms with Gasteiger partial charge in [0.15, 0.2) is 0 Å². The molecule has 2 atom stereocenters. The number of aromatic nitrogens is 2. The molecule has 1 heterocycles. The number of aryl methyl sites for hydroxylation is 3. The zero-order valence-corrected chi connectivity index (χ0v) is 10.0. The molecular weight excluding hydrogens is 198 g/mol. The molecule has 0 amide bonds. The molecule has 1 fully saturated rings. The van der Waals surface area contributed by atoms with Gasteiger partial charge in [-0.1, -0.05) is 6.58 Å². The second kappa shape index (κ2) is 4.24. The third-order valence-corrected chi connectivity index (χ3v) is 3.38. The van der Waals surface area contributed by atoms with E-state index in [4.69, 9.17) is 5.73 Å². The van der Waals surface area contributed by atoms with E-state index >= 15 is 0 Å². The van der Waals surface area contributed by atoms with Crippen molar-refractivity contribution in [1.82, 2.24) is 9.97 Å². The van der Waals surface area contributed by atoms with Gasteiger partial charge in [-0.15, -0.1) is 0 Å². The highest BCUT2D eigenvalue weighted by Crippen LogP contribution is 2.44. The van der Waals surface area contributed by atoms with Gasteiger partial charge in [-0.2, -0.15) is 0 Å². The minimum absolute atomic E-state index is 0.562. The first kappa shape index (κ1) is 11.1. The summed E-state index contributed by atoms with van der Waals surface area (Å²) >= 11 is 0. The molecule has 1 aromatic heterocycles. The van der Waals surface area contributed by atoms with E-state index in [1.165, 1.54) is 18.4 Å². The van der Waals surface area contributed by atoms with Gasteiger partial charge in [-0.05, 0) is 44.6 Å². The van der Waals surface area contributed by atoms with Crippen LogP contribution in [0.4, 0.5) is 0 Å². The number of nitrogens with two attached hydrogens (primary N) is 1. The molecule has 1 aromatic rings. The van der Waals surface area contributed by atoms with Crippen molar-refractivity contribution in [3.05, 3.63) is 35.6 Å². The molecule has 2 rings (SSSR count). The summed E-state index contributed by atoms with van der Waals surface area (Å²) in [6, 6.07) is 0. The molecule has 1 unspecified atom stereocenters. The molecule has 1 saturated carbocycles. The summed E-state index contributed by atoms with van der Waals surface area (Å²) in [6.07, 6.45) is 5.39. The van der Waals surface area contributed by atoms with E-state index in [0.29, 0.717) is 5.92 Å². The molecule has 0 spiro atoms. The summed E-state index contributed by atoms with van der Waals surface area (Å²) in [5.41, 5.74) is 8.91. The molecule has 16 heavy (non-hydrogen) atoms. The number of rotatable bonds is 4. The SMILES string of the molecule is C=C(N)[C@@H]1CC1CCc1cnc(C)nc1C. The van der Waals surface area contributed by atoms with Gasteiger partial charge in [0.2, 0.25) is 0 Å². The van der Waals surface area contributed by atoms with Crippen molar-refractivity contribution in [3.63, 3.8) is 0 Å². The minimum Gasteiger partial charge on any atom is -0.402 e. The lowest BCUT2D eigenvalue weighted by Crippen LogP contribution is -2.01. The van der Waals surface area contributed by atoms with Gasteiger partial charge in [-0.3, -0.25) is 0 Å². The molecule has 0 bridgehead atoms. The molecule has 1 aliphatic carbocycles. The highest BCUT2D eigenvalue weighted by molar-refractivity contribution is 5.17. The fraction of sp³-hybridized carbons (Fsp3) is 0.538. The number of nitrogens with zero attached hydrogens (tertiary/aromatic N) is 2. The van der Waals surface area contributed by atoms with Gasteiger partial charge in [0.1, 0.15) is 5.82 Å². The lowest BCUT2D eigenvalue weighted by atomic mass is 10.1. The Balaban J connectivity index is 1.89. The standard InChI is InChI=1S/C13H19N3/c1-8(14)13-6-11(13)4-5-12-7-15-10(3)16-9(12)2/h7,11,13H,1,4-6,14H2,2-3H3/t11?,13-/m0/s1. The van der Waals surface area contributed by atoms with Gasteiger partial charge in [0.25, 0.3) is 0 Å². The highest BCUT2D eigenvalue weighted by Gasteiger charge is 2.37. The van der Waals surface area contributed by atoms with Gasteiger partial charge in [0.05, 0.1) is 0 Å². The monoisotopic (exact) mass is 217 g/mol. The fourth-order valence-electron chi connectivity index (χ4n) is 2.22. The Morgan fingerprint density at radius 1 is 1.56 bits per heavy atom. The summed E-state index contributed by atoms with van der Waals surface area (Å²) in [5, 5.41) is 0. The molecule has 0 aliphatic heterocycles. The van der Waals surface area contributed by atoms with E-state index in [-0.39, 0.29) is 0 Å². The van der Waals surface area contributed by atoms with Crippen molar-refractivity contribution in [1.29, 1.82) is 0 Å². The van der Waals surface area contributed by atoms with Gasteiger partial charge in [-0.25, -0.2) is 9.97 Å². The third kappa shape index (κ3) is 2.40. The van der Waals surface area contributed by atoms with Crippen LogP contribution in [0.5, 0.6) is 0 Å². The number of hydrogen-bond donors (Lipinski definition) is 1. The quantitative estimate of drug-likeness (QED) is 0.840. The Labute approximate surface area is 96.8 Å². The summed E-state index contributed by atoms with van der Waals surface area (Å²) in [4.78, 5) is 8.61. The van der Waals surface area contributed by atoms with Gasteiger partial charge < -0.3 is 5.73 Å². The van der Waals surface area contributed by atoms with Crippen LogP contribution in [-0.4, -0.2) is 9.97 Å². The maximum atomic E-state index is 5.69. The molecule has 0 aromatic carbocycles. The second-order valence-corrected chi connectivity index (χ2v) is 4.74. The topological polar surface area (TPSA) is 51.8 Å². The first-order valence-electron chi connectivity index (χ1n) is 5.81. The van der Waals surface area contributed by atoms with Gasteiger partial charge in [0, 0.05) is 23.5 Å². The van der Waals surface area contributed by atoms with Crippen LogP contribution < -0.4 is 5.73 Å². The van der Waals surface area contributed by atoms with Crippen LogP contribution in [0.2, 0.25) is 0 Å². The first-order chi connectivity index (χ1) is 7.58. The van der Waals surface area contributed by atoms with E-state index < -0.39 is 0 Å². The van der Waals surface area contributed by atoms with Gasteiger partial charge >= 0.3 is 0 Å². The summed E-state index contributed by atoms with van der Waals surface area (Å²) < 4.78 is 0. The summed E-state index contributed by atoms with van der Waals surface area (Å²) in [6.45, 7) is 7.78. The van der Waals surface area contributed by atoms with Crippen LogP contribution in [0.3, 0.4) is 0 Å². The Hall–Kier alpha value is -1.38. The first-order valence-corrected chi connectivity index (χ1v) is 5.81. The average Bonchev–Trinajstić information content (AvgIpc) is 2.96. The van der Waals surface area contributed by atoms with E-state index in [9.17, 15) is 0 Å². The Morgan fingerprint density at radius 3 is 2.88 bits per heavy atom. The van der Waals surface area contributed by atoms with Crippen molar-refractivity contribution in [2.45, 2.75) is 33.1 Å². The fourth-order valence-corrected chi connectivity index (χ4v) is 2.22. The van der Waals surface area contributed by atoms with E-state index in [1.807, 2.05) is 13.1 Å². The van der Waals surface area contributed by atoms with Crippen LogP contribution in [0.25, 0.3) is 0 Å². The lowest BCUT2D eigenvalue weighted by Gasteiger charge is -2.05. The van der Waals surface area contributed by atoms with Crippen LogP contribution >= 0.6 is 0 Å². The Kier molecular flexibility index (Phi) is 2.95. The largest absolute Gasteiger partial charge is 0.402 e. The smallest absolute Gasteiger partial charge is 0.125 e. The van der Waals surface area contributed by atoms with Crippen molar-refractivity contribution < 1.29 is 0 Å². The van der Waals surface area contributed by atoms with Crippen LogP contribution in [0.15, 0.2) is 18.5 Å². The van der Waals surface area contributed by atoms with E-state index in [0.717, 1.165) is 29.6 Å². The Bertz CT molecular complexity index is 412. The van der Waals surface area contributed by atoms with Crippen LogP contribution in [0, 0.1) is 25.7 Å². The lowest BCUT2D eigenvalue weighted by molar-refractivity contribution is 0.675. The summed E-state index contributed by atoms with van der Waals surface area (Å²) in [5.74, 6) is 2.14. The van der Waals surface area contributed by atoms with Crippen molar-refractivity contribution in [3.8, 4) is 0 Å². The van der Waals surface area contributed by atoms with Crippen molar-refractivity contribution in [2.75, 3.05) is 0 Å². The molecule has 0 radical (unpaired) electrons. The third-order valence-electron chi connectivity index (χ3n) is 3.38. The highest BCUT2D eigenvalue weighted by atomic mass is 14.9. The number of hydrogen-bond acceptors (Lipinski definition) is 3. The number of allylic oxidation sites excluding steroid dienone is 1. The van der Waals surface area contributed by atoms with Crippen molar-refractivity contribution >= 4 is 0 Å². The molecule has 0 saturated heterocycles. The average molecular weight is 217 g/mol. The molecule has 86 valence electrons. The van der Waals surface area contributed by atoms with E-state index in [2.05, 4.69) is 23.5 Å². The van der Waals surface area contributed by atoms with Crippen LogP contribution in [-0.2, 0) is 6.42 Å². The van der Waals surface area contributed by atoms with Crippen molar-refractivity contribution in [2.24, 2.45) is 17.6 Å². The molecule has 3 heteroatoms. The predicted octanol–water partition coefficient (Wildman–Crippen LogP) is 2.13. The zero-order valence-electron chi connectivity index (χ0n) is 10.0. The molecule has 2 N–H and O–H groups in total. The maximum Gasteiger partial charge on any atom is 0.125 e. The molecular formula is C13H19N3. The summed E-state index contributed by atoms with van der Waals surface area (Å²) in [7, 11) is 0. The Morgan fingerprint density at radius 2 is 2.31 bits per heavy atom. The molecule has 3 nitrogen and oxygen atoms in total. The predicted molar refractivity (Wildman–Crippen MR) is 64.8 cm³/mol.